The van der Waals surface area contributed by atoms with Gasteiger partial charge in [-0.1, -0.05) is 0 Å². The first kappa shape index (κ1) is 16.3. The number of methoxy groups -OCH3 is 1. The fraction of sp³-hybridized carbons (Fsp3) is 0.611. The van der Waals surface area contributed by atoms with Crippen molar-refractivity contribution in [1.82, 2.24) is 19.5 Å². The summed E-state index contributed by atoms with van der Waals surface area (Å²) in [6.07, 6.45) is 6.44. The second kappa shape index (κ2) is 7.00. The third-order valence-corrected chi connectivity index (χ3v) is 5.28. The van der Waals surface area contributed by atoms with Crippen LogP contribution >= 0.6 is 0 Å². The van der Waals surface area contributed by atoms with E-state index in [0.717, 1.165) is 50.5 Å². The maximum Gasteiger partial charge on any atom is 0.248 e. The number of fused-ring (bicyclic) bond motifs is 1. The van der Waals surface area contributed by atoms with E-state index in [0.29, 0.717) is 5.92 Å². The van der Waals surface area contributed by atoms with Crippen molar-refractivity contribution in [2.75, 3.05) is 44.8 Å². The molecule has 0 N–H and O–H groups in total. The molecule has 0 atom stereocenters. The summed E-state index contributed by atoms with van der Waals surface area (Å²) in [5.74, 6) is 1.29. The first-order valence-corrected chi connectivity index (χ1v) is 9.12. The van der Waals surface area contributed by atoms with E-state index in [4.69, 9.17) is 14.8 Å². The summed E-state index contributed by atoms with van der Waals surface area (Å²) in [4.78, 5) is 20.9. The van der Waals surface area contributed by atoms with E-state index in [2.05, 4.69) is 23.2 Å². The van der Waals surface area contributed by atoms with Gasteiger partial charge in [0.25, 0.3) is 0 Å². The molecule has 1 amide bonds. The molecule has 2 aromatic heterocycles. The lowest BCUT2D eigenvalue weighted by molar-refractivity contribution is -0.136. The summed E-state index contributed by atoms with van der Waals surface area (Å²) in [7, 11) is 1.56. The van der Waals surface area contributed by atoms with E-state index in [9.17, 15) is 4.79 Å². The van der Waals surface area contributed by atoms with Gasteiger partial charge in [0, 0.05) is 39.2 Å². The molecular weight excluding hydrogens is 318 g/mol. The van der Waals surface area contributed by atoms with Crippen molar-refractivity contribution in [2.24, 2.45) is 0 Å². The molecule has 2 fully saturated rings. The van der Waals surface area contributed by atoms with Crippen LogP contribution in [0.25, 0.3) is 5.65 Å². The highest BCUT2D eigenvalue weighted by molar-refractivity contribution is 5.77. The number of nitrogens with zero attached hydrogens (tertiary/aromatic N) is 5. The first-order valence-electron chi connectivity index (χ1n) is 9.12. The number of carbonyl (C=O) groups excluding carboxylic acids is 1. The Kier molecular flexibility index (Phi) is 4.57. The van der Waals surface area contributed by atoms with Gasteiger partial charge in [0.1, 0.15) is 6.61 Å². The number of anilines is 1. The molecular formula is C18H25N5O2. The smallest absolute Gasteiger partial charge is 0.248 e. The van der Waals surface area contributed by atoms with Crippen LogP contribution in [0.4, 0.5) is 5.69 Å². The highest BCUT2D eigenvalue weighted by atomic mass is 16.5. The van der Waals surface area contributed by atoms with Gasteiger partial charge in [0.2, 0.25) is 5.91 Å². The van der Waals surface area contributed by atoms with E-state index >= 15 is 0 Å². The lowest BCUT2D eigenvalue weighted by atomic mass is 9.96. The molecule has 2 saturated heterocycles. The van der Waals surface area contributed by atoms with Crippen molar-refractivity contribution in [2.45, 2.75) is 31.6 Å². The molecule has 0 bridgehead atoms. The van der Waals surface area contributed by atoms with E-state index in [1.165, 1.54) is 18.5 Å². The Balaban J connectivity index is 1.46. The number of pyridine rings is 1. The van der Waals surface area contributed by atoms with Crippen LogP contribution in [0.1, 0.15) is 37.4 Å². The molecule has 2 aromatic rings. The lowest BCUT2D eigenvalue weighted by Crippen LogP contribution is -2.39. The van der Waals surface area contributed by atoms with Crippen LogP contribution in [0, 0.1) is 0 Å². The molecule has 2 aliphatic heterocycles. The van der Waals surface area contributed by atoms with Crippen LogP contribution in [-0.4, -0.2) is 65.3 Å². The van der Waals surface area contributed by atoms with Crippen LogP contribution in [0.3, 0.4) is 0 Å². The fourth-order valence-corrected chi connectivity index (χ4v) is 3.83. The molecule has 134 valence electrons. The fourth-order valence-electron chi connectivity index (χ4n) is 3.83. The largest absolute Gasteiger partial charge is 0.375 e. The molecule has 0 radical (unpaired) electrons. The second-order valence-electron chi connectivity index (χ2n) is 6.94. The van der Waals surface area contributed by atoms with Crippen molar-refractivity contribution in [3.05, 3.63) is 24.2 Å². The summed E-state index contributed by atoms with van der Waals surface area (Å²) in [5.41, 5.74) is 2.12. The Morgan fingerprint density at radius 2 is 1.96 bits per heavy atom. The van der Waals surface area contributed by atoms with Crippen LogP contribution < -0.4 is 4.90 Å². The molecule has 7 nitrogen and oxygen atoms in total. The van der Waals surface area contributed by atoms with Gasteiger partial charge in [-0.25, -0.2) is 9.50 Å². The zero-order valence-corrected chi connectivity index (χ0v) is 14.7. The maximum absolute atomic E-state index is 11.9. The first-order chi connectivity index (χ1) is 12.2. The molecule has 4 heterocycles. The summed E-state index contributed by atoms with van der Waals surface area (Å²) in [5, 5.41) is 4.73. The molecule has 0 saturated carbocycles. The van der Waals surface area contributed by atoms with Crippen molar-refractivity contribution in [3.63, 3.8) is 0 Å². The van der Waals surface area contributed by atoms with E-state index in [1.54, 1.807) is 7.11 Å². The highest BCUT2D eigenvalue weighted by Crippen LogP contribution is 2.27. The number of aromatic nitrogens is 3. The van der Waals surface area contributed by atoms with Gasteiger partial charge in [0.15, 0.2) is 11.5 Å². The molecule has 0 spiro atoms. The summed E-state index contributed by atoms with van der Waals surface area (Å²) in [6, 6.07) is 4.20. The van der Waals surface area contributed by atoms with Gasteiger partial charge >= 0.3 is 0 Å². The Labute approximate surface area is 147 Å². The number of piperidine rings is 1. The van der Waals surface area contributed by atoms with Crippen molar-refractivity contribution >= 4 is 17.2 Å². The molecule has 4 rings (SSSR count). The molecule has 0 aliphatic carbocycles. The van der Waals surface area contributed by atoms with Gasteiger partial charge in [-0.15, -0.1) is 0 Å². The minimum absolute atomic E-state index is 0.0687. The number of hydrogen-bond acceptors (Lipinski definition) is 5. The Bertz CT molecular complexity index is 745. The molecule has 25 heavy (non-hydrogen) atoms. The van der Waals surface area contributed by atoms with Crippen molar-refractivity contribution in [3.8, 4) is 0 Å². The van der Waals surface area contributed by atoms with Crippen molar-refractivity contribution < 1.29 is 9.53 Å². The molecule has 2 aliphatic rings. The number of hydrogen-bond donors (Lipinski definition) is 0. The van der Waals surface area contributed by atoms with Gasteiger partial charge < -0.3 is 14.5 Å². The van der Waals surface area contributed by atoms with E-state index in [-0.39, 0.29) is 12.5 Å². The van der Waals surface area contributed by atoms with Gasteiger partial charge in [-0.05, 0) is 37.8 Å². The van der Waals surface area contributed by atoms with Crippen LogP contribution in [-0.2, 0) is 9.53 Å². The standard InChI is InChI=1S/C18H25N5O2/c1-25-13-17(24)22-10-6-14(7-11-22)18-19-16-5-4-15(12-23(16)20-18)21-8-2-3-9-21/h4-5,12,14H,2-3,6-11,13H2,1H3. The molecule has 7 heteroatoms. The van der Waals surface area contributed by atoms with Crippen LogP contribution in [0.15, 0.2) is 18.3 Å². The van der Waals surface area contributed by atoms with Crippen LogP contribution in [0.5, 0.6) is 0 Å². The number of amides is 1. The predicted octanol–water partition coefficient (Wildman–Crippen LogP) is 1.68. The highest BCUT2D eigenvalue weighted by Gasteiger charge is 2.26. The summed E-state index contributed by atoms with van der Waals surface area (Å²) < 4.78 is 6.85. The van der Waals surface area contributed by atoms with Gasteiger partial charge in [0.05, 0.1) is 11.9 Å². The van der Waals surface area contributed by atoms with Crippen LogP contribution in [0.2, 0.25) is 0 Å². The number of ether oxygens (including phenoxy) is 1. The van der Waals surface area contributed by atoms with Gasteiger partial charge in [-0.3, -0.25) is 4.79 Å². The number of rotatable bonds is 4. The minimum Gasteiger partial charge on any atom is -0.375 e. The molecule has 0 aromatic carbocycles. The Hall–Kier alpha value is -2.15. The number of carbonyl (C=O) groups is 1. The topological polar surface area (TPSA) is 63.0 Å². The number of likely N-dealkylation sites (tertiary alicyclic amines) is 1. The average molecular weight is 343 g/mol. The summed E-state index contributed by atoms with van der Waals surface area (Å²) in [6.45, 7) is 3.92. The Morgan fingerprint density at radius 3 is 2.68 bits per heavy atom. The van der Waals surface area contributed by atoms with Gasteiger partial charge in [-0.2, -0.15) is 5.10 Å². The van der Waals surface area contributed by atoms with Crippen molar-refractivity contribution in [1.29, 1.82) is 0 Å². The average Bonchev–Trinajstić information content (AvgIpc) is 3.31. The zero-order valence-electron chi connectivity index (χ0n) is 14.7. The second-order valence-corrected chi connectivity index (χ2v) is 6.94. The third-order valence-electron chi connectivity index (χ3n) is 5.28. The molecule has 0 unspecified atom stereocenters. The third kappa shape index (κ3) is 3.33. The Morgan fingerprint density at radius 1 is 1.20 bits per heavy atom. The summed E-state index contributed by atoms with van der Waals surface area (Å²) >= 11 is 0. The predicted molar refractivity (Wildman–Crippen MR) is 94.9 cm³/mol. The van der Waals surface area contributed by atoms with E-state index < -0.39 is 0 Å². The lowest BCUT2D eigenvalue weighted by Gasteiger charge is -2.30. The quantitative estimate of drug-likeness (QED) is 0.845. The zero-order chi connectivity index (χ0) is 17.2. The maximum atomic E-state index is 11.9. The van der Waals surface area contributed by atoms with E-state index in [1.807, 2.05) is 9.42 Å². The minimum atomic E-state index is 0.0687. The normalized spacial score (nSPS) is 19.1. The SMILES string of the molecule is COCC(=O)N1CCC(c2nc3ccc(N4CCCC4)cn3n2)CC1. The monoisotopic (exact) mass is 343 g/mol.